The van der Waals surface area contributed by atoms with Gasteiger partial charge >= 0.3 is 0 Å². The van der Waals surface area contributed by atoms with Crippen molar-refractivity contribution in [3.8, 4) is 0 Å². The minimum atomic E-state index is -0.134. The highest BCUT2D eigenvalue weighted by Crippen LogP contribution is 2.28. The second-order valence-electron chi connectivity index (χ2n) is 7.39. The molecule has 0 radical (unpaired) electrons. The summed E-state index contributed by atoms with van der Waals surface area (Å²) in [5.41, 5.74) is 3.55. The van der Waals surface area contributed by atoms with Crippen LogP contribution in [0.4, 0.5) is 0 Å². The number of amides is 1. The van der Waals surface area contributed by atoms with Crippen molar-refractivity contribution in [2.24, 2.45) is 5.92 Å². The zero-order chi connectivity index (χ0) is 18.8. The molecule has 2 heterocycles. The van der Waals surface area contributed by atoms with E-state index < -0.39 is 0 Å². The summed E-state index contributed by atoms with van der Waals surface area (Å²) in [6.45, 7) is 1.19. The molecule has 1 saturated heterocycles. The lowest BCUT2D eigenvalue weighted by molar-refractivity contribution is 0.0630. The number of fused-ring (bicyclic) bond motifs is 1. The van der Waals surface area contributed by atoms with E-state index in [9.17, 15) is 9.59 Å². The van der Waals surface area contributed by atoms with Gasteiger partial charge in [-0.05, 0) is 50.8 Å². The number of rotatable bonds is 4. The van der Waals surface area contributed by atoms with Crippen LogP contribution in [-0.2, 0) is 12.8 Å². The number of piperidine rings is 1. The first-order valence-corrected chi connectivity index (χ1v) is 10.9. The molecule has 2 aliphatic rings. The summed E-state index contributed by atoms with van der Waals surface area (Å²) in [5.74, 6) is -0.00248. The number of carbonyl (C=O) groups is 2. The highest BCUT2D eigenvalue weighted by Gasteiger charge is 2.32. The fourth-order valence-corrected chi connectivity index (χ4v) is 4.85. The second kappa shape index (κ2) is 7.89. The Labute approximate surface area is 163 Å². The monoisotopic (exact) mass is 383 g/mol. The number of thioether (sulfide) groups is 1. The number of nitrogens with zero attached hydrogens (tertiary/aromatic N) is 2. The highest BCUT2D eigenvalue weighted by atomic mass is 32.2. The van der Waals surface area contributed by atoms with Gasteiger partial charge in [0.2, 0.25) is 0 Å². The van der Waals surface area contributed by atoms with E-state index in [1.54, 1.807) is 11.8 Å². The third-order valence-electron chi connectivity index (χ3n) is 5.71. The number of Topliss-reactive ketones (excluding diaryl/α,β-unsaturated/α-hetero) is 1. The van der Waals surface area contributed by atoms with Crippen LogP contribution in [0.25, 0.3) is 0 Å². The molecule has 5 nitrogen and oxygen atoms in total. The van der Waals surface area contributed by atoms with E-state index in [2.05, 4.69) is 10.2 Å². The predicted octanol–water partition coefficient (Wildman–Crippen LogP) is 3.75. The zero-order valence-electron chi connectivity index (χ0n) is 15.7. The smallest absolute Gasteiger partial charge is 0.274 e. The Hall–Kier alpha value is -2.08. The van der Waals surface area contributed by atoms with Crippen molar-refractivity contribution in [2.75, 3.05) is 19.3 Å². The number of carbonyl (C=O) groups excluding carboxylic acids is 2. The molecule has 0 bridgehead atoms. The Balaban J connectivity index is 1.52. The Morgan fingerprint density at radius 3 is 2.85 bits per heavy atom. The SMILES string of the molecule is CSc1ccccc1C(=O)C1CCCN(C(=O)c2n[nH]c3c2CCCC3)C1. The first-order valence-electron chi connectivity index (χ1n) is 9.71. The molecule has 6 heteroatoms. The summed E-state index contributed by atoms with van der Waals surface area (Å²) in [5, 5.41) is 7.38. The van der Waals surface area contributed by atoms with Crippen molar-refractivity contribution < 1.29 is 9.59 Å². The van der Waals surface area contributed by atoms with Crippen molar-refractivity contribution in [1.29, 1.82) is 0 Å². The topological polar surface area (TPSA) is 66.1 Å². The van der Waals surface area contributed by atoms with Gasteiger partial charge in [0.25, 0.3) is 5.91 Å². The molecule has 1 atom stereocenters. The van der Waals surface area contributed by atoms with Crippen LogP contribution in [0.3, 0.4) is 0 Å². The van der Waals surface area contributed by atoms with Gasteiger partial charge < -0.3 is 4.90 Å². The van der Waals surface area contributed by atoms with Crippen molar-refractivity contribution in [1.82, 2.24) is 15.1 Å². The van der Waals surface area contributed by atoms with Crippen LogP contribution in [0, 0.1) is 5.92 Å². The second-order valence-corrected chi connectivity index (χ2v) is 8.24. The summed E-state index contributed by atoms with van der Waals surface area (Å²) in [6.07, 6.45) is 7.84. The molecule has 142 valence electrons. The lowest BCUT2D eigenvalue weighted by atomic mass is 9.89. The maximum Gasteiger partial charge on any atom is 0.274 e. The predicted molar refractivity (Wildman–Crippen MR) is 106 cm³/mol. The van der Waals surface area contributed by atoms with Crippen molar-refractivity contribution in [3.63, 3.8) is 0 Å². The lowest BCUT2D eigenvalue weighted by Gasteiger charge is -2.32. The summed E-state index contributed by atoms with van der Waals surface area (Å²) in [7, 11) is 0. The number of H-pyrrole nitrogens is 1. The van der Waals surface area contributed by atoms with E-state index in [4.69, 9.17) is 0 Å². The Morgan fingerprint density at radius 2 is 2.00 bits per heavy atom. The van der Waals surface area contributed by atoms with Gasteiger partial charge in [-0.1, -0.05) is 18.2 Å². The van der Waals surface area contributed by atoms with Gasteiger partial charge in [-0.2, -0.15) is 5.10 Å². The molecule has 4 rings (SSSR count). The minimum absolute atomic E-state index is 0.0231. The highest BCUT2D eigenvalue weighted by molar-refractivity contribution is 7.98. The number of likely N-dealkylation sites (tertiary alicyclic amines) is 1. The quantitative estimate of drug-likeness (QED) is 0.645. The van der Waals surface area contributed by atoms with Crippen molar-refractivity contribution >= 4 is 23.5 Å². The standard InChI is InChI=1S/C21H25N3O2S/c1-27-18-11-5-3-9-16(18)20(25)14-7-6-12-24(13-14)21(26)19-15-8-2-4-10-17(15)22-23-19/h3,5,9,11,14H,2,4,6-8,10,12-13H2,1H3,(H,22,23). The molecule has 1 aliphatic carbocycles. The van der Waals surface area contributed by atoms with E-state index in [1.165, 1.54) is 0 Å². The number of aromatic amines is 1. The normalized spacial score (nSPS) is 19.6. The first-order chi connectivity index (χ1) is 13.2. The first kappa shape index (κ1) is 18.3. The summed E-state index contributed by atoms with van der Waals surface area (Å²) in [4.78, 5) is 29.0. The number of benzene rings is 1. The van der Waals surface area contributed by atoms with Crippen LogP contribution in [0.2, 0.25) is 0 Å². The third-order valence-corrected chi connectivity index (χ3v) is 6.51. The Morgan fingerprint density at radius 1 is 1.19 bits per heavy atom. The average molecular weight is 384 g/mol. The number of hydrogen-bond donors (Lipinski definition) is 1. The molecule has 1 aliphatic heterocycles. The largest absolute Gasteiger partial charge is 0.337 e. The molecule has 0 saturated carbocycles. The van der Waals surface area contributed by atoms with Gasteiger partial charge in [0.15, 0.2) is 11.5 Å². The van der Waals surface area contributed by atoms with Gasteiger partial charge in [0, 0.05) is 40.7 Å². The molecule has 2 aromatic rings. The molecule has 1 unspecified atom stereocenters. The van der Waals surface area contributed by atoms with Gasteiger partial charge in [0.1, 0.15) is 0 Å². The molecular weight excluding hydrogens is 358 g/mol. The number of nitrogens with one attached hydrogen (secondary N) is 1. The minimum Gasteiger partial charge on any atom is -0.337 e. The third kappa shape index (κ3) is 3.55. The summed E-state index contributed by atoms with van der Waals surface area (Å²) >= 11 is 1.59. The van der Waals surface area contributed by atoms with E-state index in [0.717, 1.165) is 60.2 Å². The van der Waals surface area contributed by atoms with Gasteiger partial charge in [-0.15, -0.1) is 11.8 Å². The van der Waals surface area contributed by atoms with E-state index in [0.29, 0.717) is 18.8 Å². The van der Waals surface area contributed by atoms with Crippen LogP contribution in [0.1, 0.15) is 57.8 Å². The molecule has 27 heavy (non-hydrogen) atoms. The Bertz CT molecular complexity index is 861. The van der Waals surface area contributed by atoms with E-state index >= 15 is 0 Å². The number of aryl methyl sites for hydroxylation is 1. The fourth-order valence-electron chi connectivity index (χ4n) is 4.25. The molecule has 0 spiro atoms. The Kier molecular flexibility index (Phi) is 5.34. The van der Waals surface area contributed by atoms with Gasteiger partial charge in [-0.25, -0.2) is 0 Å². The molecule has 1 fully saturated rings. The molecule has 1 aromatic carbocycles. The van der Waals surface area contributed by atoms with Crippen LogP contribution in [0.5, 0.6) is 0 Å². The number of aromatic nitrogens is 2. The number of ketones is 1. The lowest BCUT2D eigenvalue weighted by Crippen LogP contribution is -2.43. The fraction of sp³-hybridized carbons (Fsp3) is 0.476. The molecule has 1 aromatic heterocycles. The molecule has 1 amide bonds. The maximum absolute atomic E-state index is 13.1. The van der Waals surface area contributed by atoms with Crippen LogP contribution >= 0.6 is 11.8 Å². The van der Waals surface area contributed by atoms with Crippen LogP contribution in [-0.4, -0.2) is 46.1 Å². The zero-order valence-corrected chi connectivity index (χ0v) is 16.5. The summed E-state index contributed by atoms with van der Waals surface area (Å²) < 4.78 is 0. The number of hydrogen-bond acceptors (Lipinski definition) is 4. The van der Waals surface area contributed by atoms with E-state index in [1.807, 2.05) is 35.4 Å². The van der Waals surface area contributed by atoms with Crippen LogP contribution in [0.15, 0.2) is 29.2 Å². The van der Waals surface area contributed by atoms with Gasteiger partial charge in [-0.3, -0.25) is 14.7 Å². The van der Waals surface area contributed by atoms with Crippen LogP contribution < -0.4 is 0 Å². The van der Waals surface area contributed by atoms with Crippen molar-refractivity contribution in [3.05, 3.63) is 46.8 Å². The van der Waals surface area contributed by atoms with E-state index in [-0.39, 0.29) is 17.6 Å². The average Bonchev–Trinajstić information content (AvgIpc) is 3.17. The van der Waals surface area contributed by atoms with Gasteiger partial charge in [0.05, 0.1) is 0 Å². The summed E-state index contributed by atoms with van der Waals surface area (Å²) in [6, 6.07) is 7.76. The van der Waals surface area contributed by atoms with Crippen molar-refractivity contribution in [2.45, 2.75) is 43.4 Å². The molecular formula is C21H25N3O2S. The maximum atomic E-state index is 13.1. The molecule has 1 N–H and O–H groups in total.